The Hall–Kier alpha value is -1.92. The highest BCUT2D eigenvalue weighted by Gasteiger charge is 2.64. The zero-order chi connectivity index (χ0) is 15.8. The first kappa shape index (κ1) is 15.5. The van der Waals surface area contributed by atoms with E-state index in [1.165, 1.54) is 6.20 Å². The molecule has 0 unspecified atom stereocenters. The molecule has 1 aliphatic rings. The van der Waals surface area contributed by atoms with Gasteiger partial charge in [0.05, 0.1) is 4.92 Å². The quantitative estimate of drug-likeness (QED) is 0.619. The molecule has 0 aromatic carbocycles. The molecule has 1 aromatic rings. The van der Waals surface area contributed by atoms with E-state index >= 15 is 0 Å². The van der Waals surface area contributed by atoms with Gasteiger partial charge in [-0.15, -0.1) is 0 Å². The molecule has 0 bridgehead atoms. The standard InChI is InChI=1S/C14H23N5O2/c1-6-15-12-17-7-9(19(20)21)11(18-12)16-8-10-13(2,3)14(10,4)5/h7,10H,6,8H2,1-5H3,(H2,15,16,17,18). The number of hydrogen-bond donors (Lipinski definition) is 2. The van der Waals surface area contributed by atoms with Crippen molar-refractivity contribution in [3.63, 3.8) is 0 Å². The molecule has 7 nitrogen and oxygen atoms in total. The fourth-order valence-corrected chi connectivity index (χ4v) is 2.92. The summed E-state index contributed by atoms with van der Waals surface area (Å²) in [4.78, 5) is 18.8. The third-order valence-corrected chi connectivity index (χ3v) is 5.09. The van der Waals surface area contributed by atoms with Crippen LogP contribution < -0.4 is 10.6 Å². The van der Waals surface area contributed by atoms with Gasteiger partial charge in [-0.2, -0.15) is 4.98 Å². The third-order valence-electron chi connectivity index (χ3n) is 5.09. The molecule has 2 N–H and O–H groups in total. The molecule has 1 aromatic heterocycles. The van der Waals surface area contributed by atoms with Gasteiger partial charge in [0.25, 0.3) is 0 Å². The molecule has 116 valence electrons. The third kappa shape index (κ3) is 2.64. The number of nitrogens with one attached hydrogen (secondary N) is 2. The number of aromatic nitrogens is 2. The topological polar surface area (TPSA) is 93.0 Å². The van der Waals surface area contributed by atoms with Gasteiger partial charge < -0.3 is 10.6 Å². The monoisotopic (exact) mass is 293 g/mol. The first-order valence-electron chi connectivity index (χ1n) is 7.21. The van der Waals surface area contributed by atoms with Crippen molar-refractivity contribution < 1.29 is 4.92 Å². The van der Waals surface area contributed by atoms with Crippen LogP contribution in [-0.4, -0.2) is 28.0 Å². The Labute approximate surface area is 124 Å². The Bertz CT molecular complexity index is 542. The highest BCUT2D eigenvalue weighted by molar-refractivity contribution is 5.57. The summed E-state index contributed by atoms with van der Waals surface area (Å²) in [5.74, 6) is 1.14. The molecule has 0 aliphatic heterocycles. The lowest BCUT2D eigenvalue weighted by molar-refractivity contribution is -0.384. The highest BCUT2D eigenvalue weighted by atomic mass is 16.6. The molecule has 0 amide bonds. The van der Waals surface area contributed by atoms with Gasteiger partial charge in [0.2, 0.25) is 11.8 Å². The van der Waals surface area contributed by atoms with Crippen molar-refractivity contribution in [1.82, 2.24) is 9.97 Å². The number of anilines is 2. The molecule has 1 fully saturated rings. The minimum atomic E-state index is -0.457. The van der Waals surface area contributed by atoms with Crippen molar-refractivity contribution in [1.29, 1.82) is 0 Å². The van der Waals surface area contributed by atoms with Crippen LogP contribution in [-0.2, 0) is 0 Å². The predicted octanol–water partition coefficient (Wildman–Crippen LogP) is 2.91. The molecule has 0 saturated heterocycles. The highest BCUT2D eigenvalue weighted by Crippen LogP contribution is 2.68. The Morgan fingerprint density at radius 3 is 2.38 bits per heavy atom. The average molecular weight is 293 g/mol. The van der Waals surface area contributed by atoms with Crippen LogP contribution in [0.2, 0.25) is 0 Å². The first-order valence-corrected chi connectivity index (χ1v) is 7.21. The summed E-state index contributed by atoms with van der Waals surface area (Å²) in [5, 5.41) is 17.2. The van der Waals surface area contributed by atoms with Crippen LogP contribution in [0.5, 0.6) is 0 Å². The van der Waals surface area contributed by atoms with Gasteiger partial charge in [0, 0.05) is 13.1 Å². The van der Waals surface area contributed by atoms with E-state index in [1.54, 1.807) is 0 Å². The summed E-state index contributed by atoms with van der Waals surface area (Å²) in [6, 6.07) is 0. The van der Waals surface area contributed by atoms with E-state index in [1.807, 2.05) is 6.92 Å². The van der Waals surface area contributed by atoms with Gasteiger partial charge >= 0.3 is 5.69 Å². The maximum Gasteiger partial charge on any atom is 0.329 e. The summed E-state index contributed by atoms with van der Waals surface area (Å²) in [6.07, 6.45) is 1.25. The fraction of sp³-hybridized carbons (Fsp3) is 0.714. The summed E-state index contributed by atoms with van der Waals surface area (Å²) < 4.78 is 0. The first-order chi connectivity index (χ1) is 9.71. The fourth-order valence-electron chi connectivity index (χ4n) is 2.92. The molecule has 7 heteroatoms. The number of hydrogen-bond acceptors (Lipinski definition) is 6. The lowest BCUT2D eigenvalue weighted by Gasteiger charge is -2.09. The zero-order valence-corrected chi connectivity index (χ0v) is 13.2. The van der Waals surface area contributed by atoms with Crippen molar-refractivity contribution >= 4 is 17.5 Å². The van der Waals surface area contributed by atoms with E-state index in [2.05, 4.69) is 48.3 Å². The van der Waals surface area contributed by atoms with Gasteiger partial charge in [0.15, 0.2) is 0 Å². The van der Waals surface area contributed by atoms with Crippen molar-refractivity contribution in [2.24, 2.45) is 16.7 Å². The predicted molar refractivity (Wildman–Crippen MR) is 82.4 cm³/mol. The van der Waals surface area contributed by atoms with Crippen molar-refractivity contribution in [2.75, 3.05) is 23.7 Å². The molecule has 1 aliphatic carbocycles. The van der Waals surface area contributed by atoms with E-state index in [4.69, 9.17) is 0 Å². The van der Waals surface area contributed by atoms with Gasteiger partial charge in [-0.1, -0.05) is 27.7 Å². The number of rotatable bonds is 6. The Kier molecular flexibility index (Phi) is 3.78. The SMILES string of the molecule is CCNc1ncc([N+](=O)[O-])c(NCC2C(C)(C)C2(C)C)n1. The normalized spacial score (nSPS) is 19.1. The van der Waals surface area contributed by atoms with Crippen LogP contribution in [0.15, 0.2) is 6.20 Å². The number of nitrogens with zero attached hydrogens (tertiary/aromatic N) is 3. The van der Waals surface area contributed by atoms with Crippen molar-refractivity contribution in [2.45, 2.75) is 34.6 Å². The smallest absolute Gasteiger partial charge is 0.329 e. The lowest BCUT2D eigenvalue weighted by Crippen LogP contribution is -2.13. The van der Waals surface area contributed by atoms with Crippen LogP contribution in [0.4, 0.5) is 17.5 Å². The number of nitro groups is 1. The Balaban J connectivity index is 2.15. The molecular formula is C14H23N5O2. The Morgan fingerprint density at radius 2 is 1.90 bits per heavy atom. The van der Waals surface area contributed by atoms with Crippen LogP contribution in [0.3, 0.4) is 0 Å². The van der Waals surface area contributed by atoms with Crippen molar-refractivity contribution in [3.05, 3.63) is 16.3 Å². The molecule has 0 spiro atoms. The summed E-state index contributed by atoms with van der Waals surface area (Å²) in [5.41, 5.74) is 0.367. The zero-order valence-electron chi connectivity index (χ0n) is 13.2. The molecule has 1 saturated carbocycles. The van der Waals surface area contributed by atoms with E-state index in [-0.39, 0.29) is 22.3 Å². The van der Waals surface area contributed by atoms with E-state index < -0.39 is 4.92 Å². The maximum absolute atomic E-state index is 11.1. The van der Waals surface area contributed by atoms with Crippen LogP contribution in [0.1, 0.15) is 34.6 Å². The second-order valence-electron chi connectivity index (χ2n) is 6.59. The average Bonchev–Trinajstić information content (AvgIpc) is 2.77. The van der Waals surface area contributed by atoms with E-state index in [0.29, 0.717) is 25.0 Å². The van der Waals surface area contributed by atoms with Gasteiger partial charge in [0.1, 0.15) is 6.20 Å². The molecule has 1 heterocycles. The largest absolute Gasteiger partial charge is 0.364 e. The molecular weight excluding hydrogens is 270 g/mol. The summed E-state index contributed by atoms with van der Waals surface area (Å²) >= 11 is 0. The summed E-state index contributed by atoms with van der Waals surface area (Å²) in [6.45, 7) is 12.1. The van der Waals surface area contributed by atoms with Crippen LogP contribution in [0, 0.1) is 26.9 Å². The van der Waals surface area contributed by atoms with Crippen molar-refractivity contribution in [3.8, 4) is 0 Å². The molecule has 2 rings (SSSR count). The molecule has 0 radical (unpaired) electrons. The van der Waals surface area contributed by atoms with Crippen LogP contribution in [0.25, 0.3) is 0 Å². The lowest BCUT2D eigenvalue weighted by atomic mass is 10.0. The van der Waals surface area contributed by atoms with E-state index in [0.717, 1.165) is 0 Å². The second-order valence-corrected chi connectivity index (χ2v) is 6.59. The molecule has 0 atom stereocenters. The Morgan fingerprint density at radius 1 is 1.29 bits per heavy atom. The molecule has 21 heavy (non-hydrogen) atoms. The maximum atomic E-state index is 11.1. The van der Waals surface area contributed by atoms with Gasteiger partial charge in [-0.05, 0) is 23.7 Å². The minimum absolute atomic E-state index is 0.0899. The summed E-state index contributed by atoms with van der Waals surface area (Å²) in [7, 11) is 0. The second kappa shape index (κ2) is 5.13. The van der Waals surface area contributed by atoms with Gasteiger partial charge in [-0.25, -0.2) is 4.98 Å². The van der Waals surface area contributed by atoms with Gasteiger partial charge in [-0.3, -0.25) is 10.1 Å². The van der Waals surface area contributed by atoms with Crippen LogP contribution >= 0.6 is 0 Å². The minimum Gasteiger partial charge on any atom is -0.364 e. The van der Waals surface area contributed by atoms with E-state index in [9.17, 15) is 10.1 Å².